The van der Waals surface area contributed by atoms with Crippen LogP contribution in [-0.2, 0) is 4.79 Å². The molecule has 0 rings (SSSR count). The normalized spacial score (nSPS) is 14.5. The second-order valence-corrected chi connectivity index (χ2v) is 4.56. The molecule has 1 nitrogen and oxygen atoms in total. The maximum absolute atomic E-state index is 10.8. The van der Waals surface area contributed by atoms with Gasteiger partial charge in [-0.1, -0.05) is 40.2 Å². The van der Waals surface area contributed by atoms with Gasteiger partial charge >= 0.3 is 0 Å². The molecule has 14 heavy (non-hydrogen) atoms. The zero-order valence-electron chi connectivity index (χ0n) is 10.0. The summed E-state index contributed by atoms with van der Waals surface area (Å²) in [5.41, 5.74) is 0.986. The maximum Gasteiger partial charge on any atom is 0.145 e. The standard InChI is InChI=1S/C13H24O/c1-5-6-12(4)9-13(10-14)8-7-11(2)3/h9-12H,5-8H2,1-4H3. The fraction of sp³-hybridized carbons (Fsp3) is 0.769. The molecule has 1 atom stereocenters. The quantitative estimate of drug-likeness (QED) is 0.444. The monoisotopic (exact) mass is 196 g/mol. The molecule has 82 valence electrons. The summed E-state index contributed by atoms with van der Waals surface area (Å²) < 4.78 is 0. The van der Waals surface area contributed by atoms with E-state index in [0.717, 1.165) is 24.7 Å². The number of hydrogen-bond acceptors (Lipinski definition) is 1. The minimum absolute atomic E-state index is 0.548. The van der Waals surface area contributed by atoms with Gasteiger partial charge in [-0.05, 0) is 36.7 Å². The van der Waals surface area contributed by atoms with E-state index in [1.165, 1.54) is 12.8 Å². The molecule has 0 fully saturated rings. The van der Waals surface area contributed by atoms with E-state index in [2.05, 4.69) is 33.8 Å². The van der Waals surface area contributed by atoms with Gasteiger partial charge in [0.05, 0.1) is 0 Å². The zero-order chi connectivity index (χ0) is 11.0. The highest BCUT2D eigenvalue weighted by atomic mass is 16.1. The lowest BCUT2D eigenvalue weighted by molar-refractivity contribution is -0.105. The van der Waals surface area contributed by atoms with Crippen molar-refractivity contribution in [1.29, 1.82) is 0 Å². The van der Waals surface area contributed by atoms with Gasteiger partial charge in [-0.3, -0.25) is 4.79 Å². The summed E-state index contributed by atoms with van der Waals surface area (Å²) in [6.07, 6.45) is 7.58. The molecule has 1 heteroatoms. The third-order valence-corrected chi connectivity index (χ3v) is 2.40. The highest BCUT2D eigenvalue weighted by Crippen LogP contribution is 2.14. The van der Waals surface area contributed by atoms with Crippen LogP contribution in [-0.4, -0.2) is 6.29 Å². The first-order valence-electron chi connectivity index (χ1n) is 5.76. The van der Waals surface area contributed by atoms with Crippen LogP contribution in [0.3, 0.4) is 0 Å². The zero-order valence-corrected chi connectivity index (χ0v) is 10.0. The number of hydrogen-bond donors (Lipinski definition) is 0. The van der Waals surface area contributed by atoms with Crippen molar-refractivity contribution in [1.82, 2.24) is 0 Å². The fourth-order valence-electron chi connectivity index (χ4n) is 1.54. The molecule has 0 aliphatic heterocycles. The first-order valence-corrected chi connectivity index (χ1v) is 5.76. The molecule has 0 aromatic heterocycles. The van der Waals surface area contributed by atoms with Crippen LogP contribution in [0.2, 0.25) is 0 Å². The topological polar surface area (TPSA) is 17.1 Å². The van der Waals surface area contributed by atoms with E-state index in [1.807, 2.05) is 0 Å². The molecular formula is C13H24O. The number of carbonyl (C=O) groups excluding carboxylic acids is 1. The predicted molar refractivity (Wildman–Crippen MR) is 62.3 cm³/mol. The number of allylic oxidation sites excluding steroid dienone is 2. The highest BCUT2D eigenvalue weighted by molar-refractivity contribution is 5.73. The Morgan fingerprint density at radius 1 is 1.21 bits per heavy atom. The van der Waals surface area contributed by atoms with Crippen molar-refractivity contribution in [2.75, 3.05) is 0 Å². The summed E-state index contributed by atoms with van der Waals surface area (Å²) in [6.45, 7) is 8.75. The minimum Gasteiger partial charge on any atom is -0.298 e. The lowest BCUT2D eigenvalue weighted by atomic mass is 9.98. The summed E-state index contributed by atoms with van der Waals surface area (Å²) >= 11 is 0. The Balaban J connectivity index is 4.03. The van der Waals surface area contributed by atoms with Gasteiger partial charge in [0.2, 0.25) is 0 Å². The maximum atomic E-state index is 10.8. The van der Waals surface area contributed by atoms with Crippen molar-refractivity contribution in [3.05, 3.63) is 11.6 Å². The first-order chi connectivity index (χ1) is 6.60. The lowest BCUT2D eigenvalue weighted by Gasteiger charge is -2.07. The van der Waals surface area contributed by atoms with Gasteiger partial charge in [0.25, 0.3) is 0 Å². The average molecular weight is 196 g/mol. The van der Waals surface area contributed by atoms with E-state index in [-0.39, 0.29) is 0 Å². The van der Waals surface area contributed by atoms with Gasteiger partial charge in [0.15, 0.2) is 0 Å². The van der Waals surface area contributed by atoms with Gasteiger partial charge in [0.1, 0.15) is 6.29 Å². The van der Waals surface area contributed by atoms with Crippen LogP contribution in [0, 0.1) is 11.8 Å². The molecule has 0 saturated heterocycles. The number of rotatable bonds is 7. The Hall–Kier alpha value is -0.590. The second-order valence-electron chi connectivity index (χ2n) is 4.56. The Morgan fingerprint density at radius 2 is 1.86 bits per heavy atom. The van der Waals surface area contributed by atoms with Crippen molar-refractivity contribution >= 4 is 6.29 Å². The van der Waals surface area contributed by atoms with Crippen molar-refractivity contribution in [2.45, 2.75) is 53.4 Å². The smallest absolute Gasteiger partial charge is 0.145 e. The van der Waals surface area contributed by atoms with E-state index in [1.54, 1.807) is 0 Å². The van der Waals surface area contributed by atoms with E-state index in [0.29, 0.717) is 11.8 Å². The molecule has 0 aliphatic rings. The van der Waals surface area contributed by atoms with Crippen LogP contribution in [0.15, 0.2) is 11.6 Å². The Morgan fingerprint density at radius 3 is 2.29 bits per heavy atom. The molecule has 0 aliphatic carbocycles. The lowest BCUT2D eigenvalue weighted by Crippen LogP contribution is -1.96. The Labute approximate surface area is 88.6 Å². The molecule has 0 aromatic rings. The summed E-state index contributed by atoms with van der Waals surface area (Å²) in [5, 5.41) is 0. The van der Waals surface area contributed by atoms with Crippen LogP contribution >= 0.6 is 0 Å². The van der Waals surface area contributed by atoms with E-state index in [4.69, 9.17) is 0 Å². The third-order valence-electron chi connectivity index (χ3n) is 2.40. The van der Waals surface area contributed by atoms with Crippen molar-refractivity contribution in [3.63, 3.8) is 0 Å². The van der Waals surface area contributed by atoms with Crippen molar-refractivity contribution in [2.24, 2.45) is 11.8 Å². The van der Waals surface area contributed by atoms with Crippen LogP contribution in [0.5, 0.6) is 0 Å². The van der Waals surface area contributed by atoms with E-state index < -0.39 is 0 Å². The van der Waals surface area contributed by atoms with Crippen molar-refractivity contribution < 1.29 is 4.79 Å². The molecule has 0 radical (unpaired) electrons. The van der Waals surface area contributed by atoms with Gasteiger partial charge < -0.3 is 0 Å². The van der Waals surface area contributed by atoms with Crippen LogP contribution in [0.4, 0.5) is 0 Å². The largest absolute Gasteiger partial charge is 0.298 e. The van der Waals surface area contributed by atoms with Gasteiger partial charge in [-0.2, -0.15) is 0 Å². The molecule has 0 amide bonds. The van der Waals surface area contributed by atoms with Crippen LogP contribution in [0.1, 0.15) is 53.4 Å². The number of carbonyl (C=O) groups is 1. The molecule has 1 unspecified atom stereocenters. The summed E-state index contributed by atoms with van der Waals surface area (Å²) in [7, 11) is 0. The van der Waals surface area contributed by atoms with Gasteiger partial charge in [0, 0.05) is 0 Å². The summed E-state index contributed by atoms with van der Waals surface area (Å²) in [4.78, 5) is 10.8. The second kappa shape index (κ2) is 7.78. The molecule has 0 heterocycles. The van der Waals surface area contributed by atoms with Gasteiger partial charge in [-0.15, -0.1) is 0 Å². The van der Waals surface area contributed by atoms with Crippen LogP contribution < -0.4 is 0 Å². The van der Waals surface area contributed by atoms with E-state index >= 15 is 0 Å². The Kier molecular flexibility index (Phi) is 7.45. The first kappa shape index (κ1) is 13.4. The number of aldehydes is 1. The van der Waals surface area contributed by atoms with Crippen LogP contribution in [0.25, 0.3) is 0 Å². The molecule has 0 saturated carbocycles. The minimum atomic E-state index is 0.548. The highest BCUT2D eigenvalue weighted by Gasteiger charge is 2.02. The summed E-state index contributed by atoms with van der Waals surface area (Å²) in [6, 6.07) is 0. The Bertz CT molecular complexity index is 180. The van der Waals surface area contributed by atoms with Gasteiger partial charge in [-0.25, -0.2) is 0 Å². The van der Waals surface area contributed by atoms with Crippen molar-refractivity contribution in [3.8, 4) is 0 Å². The molecule has 0 bridgehead atoms. The third kappa shape index (κ3) is 6.88. The molecule has 0 spiro atoms. The molecule has 0 N–H and O–H groups in total. The average Bonchev–Trinajstić information content (AvgIpc) is 2.12. The fourth-order valence-corrected chi connectivity index (χ4v) is 1.54. The predicted octanol–water partition coefficient (Wildman–Crippen LogP) is 3.98. The molecular weight excluding hydrogens is 172 g/mol. The van der Waals surface area contributed by atoms with E-state index in [9.17, 15) is 4.79 Å². The summed E-state index contributed by atoms with van der Waals surface area (Å²) in [5.74, 6) is 1.23. The molecule has 0 aromatic carbocycles. The SMILES string of the molecule is CCCC(C)C=C(C=O)CCC(C)C.